The zero-order valence-corrected chi connectivity index (χ0v) is 11.9. The number of anilines is 1. The molecule has 0 spiro atoms. The lowest BCUT2D eigenvalue weighted by Crippen LogP contribution is -2.33. The molecule has 1 heterocycles. The summed E-state index contributed by atoms with van der Waals surface area (Å²) in [5, 5.41) is 12.1. The maximum atomic E-state index is 8.97. The molecule has 0 bridgehead atoms. The normalized spacial score (nSPS) is 11.0. The summed E-state index contributed by atoms with van der Waals surface area (Å²) in [5.41, 5.74) is 2.39. The molecule has 0 saturated carbocycles. The Kier molecular flexibility index (Phi) is 6.09. The number of nitrogens with one attached hydrogen (secondary N) is 1. The predicted molar refractivity (Wildman–Crippen MR) is 75.9 cm³/mol. The van der Waals surface area contributed by atoms with Crippen LogP contribution in [-0.4, -0.2) is 36.3 Å². The fraction of sp³-hybridized carbons (Fsp3) is 0.643. The van der Waals surface area contributed by atoms with Crippen LogP contribution in [0, 0.1) is 6.92 Å². The summed E-state index contributed by atoms with van der Waals surface area (Å²) in [4.78, 5) is 6.82. The molecule has 1 rings (SSSR count). The quantitative estimate of drug-likeness (QED) is 0.774. The summed E-state index contributed by atoms with van der Waals surface area (Å²) in [6.45, 7) is 8.30. The number of hydrogen-bond donors (Lipinski definition) is 2. The number of aliphatic hydroxyl groups is 1. The molecule has 18 heavy (non-hydrogen) atoms. The van der Waals surface area contributed by atoms with Gasteiger partial charge in [0.25, 0.3) is 0 Å². The summed E-state index contributed by atoms with van der Waals surface area (Å²) in [6.07, 6.45) is 2.70. The van der Waals surface area contributed by atoms with Gasteiger partial charge in [-0.2, -0.15) is 0 Å². The third kappa shape index (κ3) is 3.96. The third-order valence-corrected chi connectivity index (χ3v) is 2.94. The van der Waals surface area contributed by atoms with Crippen molar-refractivity contribution >= 4 is 5.82 Å². The van der Waals surface area contributed by atoms with Crippen LogP contribution in [-0.2, 0) is 6.54 Å². The van der Waals surface area contributed by atoms with E-state index in [1.54, 1.807) is 0 Å². The zero-order valence-electron chi connectivity index (χ0n) is 11.9. The number of rotatable bonds is 7. The van der Waals surface area contributed by atoms with Crippen LogP contribution in [0.4, 0.5) is 5.82 Å². The topological polar surface area (TPSA) is 48.4 Å². The lowest BCUT2D eigenvalue weighted by Gasteiger charge is -2.29. The van der Waals surface area contributed by atoms with Crippen LogP contribution >= 0.6 is 0 Å². The fourth-order valence-corrected chi connectivity index (χ4v) is 2.08. The summed E-state index contributed by atoms with van der Waals surface area (Å²) >= 11 is 0. The molecule has 0 aromatic carbocycles. The van der Waals surface area contributed by atoms with E-state index in [-0.39, 0.29) is 6.61 Å². The fourth-order valence-electron chi connectivity index (χ4n) is 2.08. The predicted octanol–water partition coefficient (Wildman–Crippen LogP) is 1.71. The molecule has 0 aliphatic carbocycles. The van der Waals surface area contributed by atoms with Crippen LogP contribution in [0.25, 0.3) is 0 Å². The molecule has 102 valence electrons. The first kappa shape index (κ1) is 14.9. The minimum absolute atomic E-state index is 0.222. The Hall–Kier alpha value is -1.13. The second kappa shape index (κ2) is 7.34. The molecule has 1 aromatic heterocycles. The van der Waals surface area contributed by atoms with Crippen LogP contribution in [0.3, 0.4) is 0 Å². The molecule has 1 aromatic rings. The highest BCUT2D eigenvalue weighted by Crippen LogP contribution is 2.20. The van der Waals surface area contributed by atoms with Crippen molar-refractivity contribution in [2.75, 3.05) is 25.1 Å². The van der Waals surface area contributed by atoms with E-state index in [9.17, 15) is 0 Å². The van der Waals surface area contributed by atoms with Gasteiger partial charge in [-0.15, -0.1) is 0 Å². The maximum Gasteiger partial charge on any atom is 0.131 e. The van der Waals surface area contributed by atoms with Crippen LogP contribution in [0.15, 0.2) is 12.3 Å². The molecular weight excluding hydrogens is 226 g/mol. The van der Waals surface area contributed by atoms with Crippen molar-refractivity contribution in [3.05, 3.63) is 23.4 Å². The Labute approximate surface area is 110 Å². The number of aliphatic hydroxyl groups excluding tert-OH is 1. The van der Waals surface area contributed by atoms with E-state index in [0.29, 0.717) is 6.04 Å². The van der Waals surface area contributed by atoms with Gasteiger partial charge >= 0.3 is 0 Å². The summed E-state index contributed by atoms with van der Waals surface area (Å²) in [5.74, 6) is 1.03. The van der Waals surface area contributed by atoms with Crippen molar-refractivity contribution in [3.63, 3.8) is 0 Å². The summed E-state index contributed by atoms with van der Waals surface area (Å²) in [6, 6.07) is 2.56. The monoisotopic (exact) mass is 251 g/mol. The van der Waals surface area contributed by atoms with Gasteiger partial charge in [0.1, 0.15) is 5.82 Å². The van der Waals surface area contributed by atoms with Crippen molar-refractivity contribution in [1.82, 2.24) is 10.3 Å². The van der Waals surface area contributed by atoms with Gasteiger partial charge in [0, 0.05) is 31.9 Å². The van der Waals surface area contributed by atoms with Crippen molar-refractivity contribution in [1.29, 1.82) is 0 Å². The first-order valence-corrected chi connectivity index (χ1v) is 6.57. The van der Waals surface area contributed by atoms with Gasteiger partial charge in [-0.1, -0.05) is 0 Å². The van der Waals surface area contributed by atoms with Crippen LogP contribution in [0.5, 0.6) is 0 Å². The largest absolute Gasteiger partial charge is 0.396 e. The van der Waals surface area contributed by atoms with E-state index in [1.165, 1.54) is 11.1 Å². The van der Waals surface area contributed by atoms with Gasteiger partial charge in [-0.25, -0.2) is 4.98 Å². The number of aryl methyl sites for hydroxylation is 1. The van der Waals surface area contributed by atoms with Crippen molar-refractivity contribution in [2.24, 2.45) is 0 Å². The summed E-state index contributed by atoms with van der Waals surface area (Å²) < 4.78 is 0. The first-order valence-electron chi connectivity index (χ1n) is 6.57. The average Bonchev–Trinajstić information content (AvgIpc) is 2.32. The van der Waals surface area contributed by atoms with Gasteiger partial charge in [0.2, 0.25) is 0 Å². The van der Waals surface area contributed by atoms with Crippen molar-refractivity contribution in [2.45, 2.75) is 39.8 Å². The van der Waals surface area contributed by atoms with Gasteiger partial charge in [-0.3, -0.25) is 0 Å². The molecule has 0 saturated heterocycles. The Balaban J connectivity index is 2.90. The third-order valence-electron chi connectivity index (χ3n) is 2.94. The molecule has 2 N–H and O–H groups in total. The SMILES string of the molecule is CNCc1cnc(N(CCCO)C(C)C)c(C)c1. The molecule has 4 nitrogen and oxygen atoms in total. The molecular formula is C14H25N3O. The number of nitrogens with zero attached hydrogens (tertiary/aromatic N) is 2. The van der Waals surface area contributed by atoms with E-state index >= 15 is 0 Å². The smallest absolute Gasteiger partial charge is 0.131 e. The zero-order chi connectivity index (χ0) is 13.5. The molecule has 0 atom stereocenters. The molecule has 0 aliphatic heterocycles. The van der Waals surface area contributed by atoms with E-state index in [0.717, 1.165) is 25.3 Å². The molecule has 0 aliphatic rings. The van der Waals surface area contributed by atoms with E-state index in [1.807, 2.05) is 13.2 Å². The molecule has 4 heteroatoms. The molecule has 0 fully saturated rings. The first-order chi connectivity index (χ1) is 8.60. The van der Waals surface area contributed by atoms with Gasteiger partial charge in [0.05, 0.1) is 0 Å². The number of pyridine rings is 1. The minimum Gasteiger partial charge on any atom is -0.396 e. The molecule has 0 radical (unpaired) electrons. The standard InChI is InChI=1S/C14H25N3O/c1-11(2)17(6-5-7-18)14-12(3)8-13(9-15-4)10-16-14/h8,10-11,15,18H,5-7,9H2,1-4H3. The Morgan fingerprint density at radius 1 is 1.44 bits per heavy atom. The molecule has 0 amide bonds. The van der Waals surface area contributed by atoms with Crippen molar-refractivity contribution < 1.29 is 5.11 Å². The Morgan fingerprint density at radius 2 is 2.17 bits per heavy atom. The second-order valence-electron chi connectivity index (χ2n) is 4.88. The summed E-state index contributed by atoms with van der Waals surface area (Å²) in [7, 11) is 1.94. The number of hydrogen-bond acceptors (Lipinski definition) is 4. The van der Waals surface area contributed by atoms with E-state index < -0.39 is 0 Å². The highest BCUT2D eigenvalue weighted by Gasteiger charge is 2.14. The van der Waals surface area contributed by atoms with Crippen LogP contribution in [0.2, 0.25) is 0 Å². The second-order valence-corrected chi connectivity index (χ2v) is 4.88. The average molecular weight is 251 g/mol. The lowest BCUT2D eigenvalue weighted by molar-refractivity contribution is 0.288. The van der Waals surface area contributed by atoms with Gasteiger partial charge in [-0.05, 0) is 51.4 Å². The lowest BCUT2D eigenvalue weighted by atomic mass is 10.1. The van der Waals surface area contributed by atoms with E-state index in [2.05, 4.69) is 42.0 Å². The van der Waals surface area contributed by atoms with Crippen LogP contribution in [0.1, 0.15) is 31.4 Å². The van der Waals surface area contributed by atoms with Gasteiger partial charge in [0.15, 0.2) is 0 Å². The van der Waals surface area contributed by atoms with Crippen LogP contribution < -0.4 is 10.2 Å². The molecule has 0 unspecified atom stereocenters. The highest BCUT2D eigenvalue weighted by atomic mass is 16.3. The Morgan fingerprint density at radius 3 is 2.67 bits per heavy atom. The highest BCUT2D eigenvalue weighted by molar-refractivity contribution is 5.48. The van der Waals surface area contributed by atoms with Gasteiger partial charge < -0.3 is 15.3 Å². The Bertz CT molecular complexity index is 366. The maximum absolute atomic E-state index is 8.97. The minimum atomic E-state index is 0.222. The van der Waals surface area contributed by atoms with Crippen molar-refractivity contribution in [3.8, 4) is 0 Å². The van der Waals surface area contributed by atoms with E-state index in [4.69, 9.17) is 5.11 Å². The number of aromatic nitrogens is 1.